The number of rotatable bonds is 3. The SMILES string of the molecule is Cc1ccc(OC(F)F)c(N2C(=O)[C@@H]3[C@H](C2=O)[C@H]2CC[C@H]3O2)c1. The zero-order chi connectivity index (χ0) is 16.3. The zero-order valence-corrected chi connectivity index (χ0v) is 12.4. The van der Waals surface area contributed by atoms with Gasteiger partial charge in [0, 0.05) is 0 Å². The lowest BCUT2D eigenvalue weighted by Gasteiger charge is -2.21. The maximum Gasteiger partial charge on any atom is 0.387 e. The van der Waals surface area contributed by atoms with Crippen molar-refractivity contribution in [2.24, 2.45) is 11.8 Å². The van der Waals surface area contributed by atoms with Gasteiger partial charge in [-0.3, -0.25) is 9.59 Å². The maximum absolute atomic E-state index is 12.7. The van der Waals surface area contributed by atoms with Gasteiger partial charge in [0.2, 0.25) is 11.8 Å². The first-order chi connectivity index (χ1) is 11.0. The van der Waals surface area contributed by atoms with Crippen LogP contribution in [0, 0.1) is 18.8 Å². The highest BCUT2D eigenvalue weighted by molar-refractivity contribution is 6.23. The molecule has 7 heteroatoms. The van der Waals surface area contributed by atoms with Gasteiger partial charge in [-0.05, 0) is 37.5 Å². The molecule has 0 unspecified atom stereocenters. The van der Waals surface area contributed by atoms with Gasteiger partial charge in [-0.1, -0.05) is 6.07 Å². The molecular formula is C16H15F2NO4. The molecule has 0 aromatic heterocycles. The van der Waals surface area contributed by atoms with Crippen molar-refractivity contribution in [2.75, 3.05) is 4.90 Å². The fourth-order valence-electron chi connectivity index (χ4n) is 3.95. The molecule has 122 valence electrons. The first kappa shape index (κ1) is 14.6. The fourth-order valence-corrected chi connectivity index (χ4v) is 3.95. The Bertz CT molecular complexity index is 665. The normalized spacial score (nSPS) is 32.1. The van der Waals surface area contributed by atoms with Crippen LogP contribution < -0.4 is 9.64 Å². The van der Waals surface area contributed by atoms with Crippen LogP contribution in [0.25, 0.3) is 0 Å². The third kappa shape index (κ3) is 2.06. The minimum atomic E-state index is -3.02. The second-order valence-corrected chi connectivity index (χ2v) is 6.20. The summed E-state index contributed by atoms with van der Waals surface area (Å²) >= 11 is 0. The number of aryl methyl sites for hydroxylation is 1. The Hall–Kier alpha value is -2.02. The molecule has 3 fully saturated rings. The van der Waals surface area contributed by atoms with Crippen molar-refractivity contribution >= 4 is 17.5 Å². The third-order valence-corrected chi connectivity index (χ3v) is 4.86. The average Bonchev–Trinajstić information content (AvgIpc) is 3.15. The van der Waals surface area contributed by atoms with Crippen molar-refractivity contribution in [1.29, 1.82) is 0 Å². The Morgan fingerprint density at radius 2 is 1.78 bits per heavy atom. The van der Waals surface area contributed by atoms with E-state index in [1.54, 1.807) is 13.0 Å². The minimum absolute atomic E-state index is 0.0918. The summed E-state index contributed by atoms with van der Waals surface area (Å²) in [5, 5.41) is 0. The van der Waals surface area contributed by atoms with Crippen LogP contribution >= 0.6 is 0 Å². The van der Waals surface area contributed by atoms with E-state index in [9.17, 15) is 18.4 Å². The lowest BCUT2D eigenvalue weighted by atomic mass is 9.81. The maximum atomic E-state index is 12.7. The van der Waals surface area contributed by atoms with Crippen molar-refractivity contribution in [1.82, 2.24) is 0 Å². The molecule has 3 aliphatic heterocycles. The molecule has 4 atom stereocenters. The Balaban J connectivity index is 1.75. The molecule has 0 aliphatic carbocycles. The van der Waals surface area contributed by atoms with E-state index in [0.29, 0.717) is 0 Å². The van der Waals surface area contributed by atoms with E-state index in [2.05, 4.69) is 4.74 Å². The van der Waals surface area contributed by atoms with Crippen molar-refractivity contribution in [2.45, 2.75) is 38.6 Å². The Morgan fingerprint density at radius 3 is 2.35 bits per heavy atom. The van der Waals surface area contributed by atoms with Gasteiger partial charge < -0.3 is 9.47 Å². The van der Waals surface area contributed by atoms with Gasteiger partial charge in [0.1, 0.15) is 5.75 Å². The van der Waals surface area contributed by atoms with Crippen LogP contribution in [-0.2, 0) is 14.3 Å². The van der Waals surface area contributed by atoms with Crippen LogP contribution in [0.4, 0.5) is 14.5 Å². The number of anilines is 1. The van der Waals surface area contributed by atoms with E-state index in [1.807, 2.05) is 0 Å². The largest absolute Gasteiger partial charge is 0.433 e. The molecule has 1 aromatic carbocycles. The van der Waals surface area contributed by atoms with Gasteiger partial charge in [-0.25, -0.2) is 4.90 Å². The molecule has 3 aliphatic rings. The number of hydrogen-bond acceptors (Lipinski definition) is 4. The minimum Gasteiger partial charge on any atom is -0.433 e. The zero-order valence-electron chi connectivity index (χ0n) is 12.4. The van der Waals surface area contributed by atoms with Crippen molar-refractivity contribution in [3.05, 3.63) is 23.8 Å². The molecule has 0 N–H and O–H groups in total. The Labute approximate surface area is 131 Å². The molecule has 0 saturated carbocycles. The molecular weight excluding hydrogens is 308 g/mol. The second kappa shape index (κ2) is 4.99. The highest BCUT2D eigenvalue weighted by Gasteiger charge is 2.62. The van der Waals surface area contributed by atoms with E-state index >= 15 is 0 Å². The highest BCUT2D eigenvalue weighted by Crippen LogP contribution is 2.50. The number of halogens is 2. The van der Waals surface area contributed by atoms with Crippen LogP contribution in [-0.4, -0.2) is 30.6 Å². The van der Waals surface area contributed by atoms with Crippen molar-refractivity contribution in [3.8, 4) is 5.75 Å². The highest BCUT2D eigenvalue weighted by atomic mass is 19.3. The molecule has 0 radical (unpaired) electrons. The number of benzene rings is 1. The van der Waals surface area contributed by atoms with Crippen LogP contribution in [0.1, 0.15) is 18.4 Å². The van der Waals surface area contributed by atoms with Crippen LogP contribution in [0.3, 0.4) is 0 Å². The van der Waals surface area contributed by atoms with Gasteiger partial charge in [0.25, 0.3) is 0 Å². The van der Waals surface area contributed by atoms with Gasteiger partial charge >= 0.3 is 6.61 Å². The topological polar surface area (TPSA) is 55.8 Å². The van der Waals surface area contributed by atoms with Gasteiger partial charge in [0.15, 0.2) is 0 Å². The fraction of sp³-hybridized carbons (Fsp3) is 0.500. The molecule has 5 nitrogen and oxygen atoms in total. The van der Waals surface area contributed by atoms with Gasteiger partial charge in [-0.15, -0.1) is 0 Å². The summed E-state index contributed by atoms with van der Waals surface area (Å²) in [6.07, 6.45) is 1.03. The average molecular weight is 323 g/mol. The Morgan fingerprint density at radius 1 is 1.17 bits per heavy atom. The van der Waals surface area contributed by atoms with Gasteiger partial charge in [-0.2, -0.15) is 8.78 Å². The summed E-state index contributed by atoms with van der Waals surface area (Å²) in [5.74, 6) is -1.92. The standard InChI is InChI=1S/C16H15F2NO4/c1-7-2-3-9(23-16(17)18)8(6-7)19-14(20)12-10-4-5-11(22-10)13(12)15(19)21/h2-3,6,10-13,16H,4-5H2,1H3/t10-,11-,12-,13+/m1/s1. The smallest absolute Gasteiger partial charge is 0.387 e. The molecule has 23 heavy (non-hydrogen) atoms. The Kier molecular flexibility index (Phi) is 3.16. The summed E-state index contributed by atoms with van der Waals surface area (Å²) in [4.78, 5) is 26.4. The molecule has 3 heterocycles. The predicted molar refractivity (Wildman–Crippen MR) is 75.2 cm³/mol. The number of carbonyl (C=O) groups excluding carboxylic acids is 2. The number of ether oxygens (including phenoxy) is 2. The number of hydrogen-bond donors (Lipinski definition) is 0. The van der Waals surface area contributed by atoms with Crippen LogP contribution in [0.2, 0.25) is 0 Å². The summed E-state index contributed by atoms with van der Waals surface area (Å²) in [6, 6.07) is 4.48. The molecule has 2 amide bonds. The van der Waals surface area contributed by atoms with E-state index in [0.717, 1.165) is 23.3 Å². The summed E-state index contributed by atoms with van der Waals surface area (Å²) in [7, 11) is 0. The predicted octanol–water partition coefficient (Wildman–Crippen LogP) is 2.26. The van der Waals surface area contributed by atoms with E-state index in [1.165, 1.54) is 12.1 Å². The lowest BCUT2D eigenvalue weighted by Crippen LogP contribution is -2.34. The molecule has 3 saturated heterocycles. The van der Waals surface area contributed by atoms with E-state index in [4.69, 9.17) is 4.74 Å². The summed E-state index contributed by atoms with van der Waals surface area (Å²) in [5.41, 5.74) is 0.840. The second-order valence-electron chi connectivity index (χ2n) is 6.20. The van der Waals surface area contributed by atoms with E-state index < -0.39 is 18.4 Å². The molecule has 4 rings (SSSR count). The first-order valence-corrected chi connectivity index (χ1v) is 7.56. The monoisotopic (exact) mass is 323 g/mol. The quantitative estimate of drug-likeness (QED) is 0.801. The number of alkyl halides is 2. The molecule has 0 spiro atoms. The van der Waals surface area contributed by atoms with E-state index in [-0.39, 0.29) is 35.5 Å². The number of carbonyl (C=O) groups is 2. The van der Waals surface area contributed by atoms with Crippen LogP contribution in [0.5, 0.6) is 5.75 Å². The number of fused-ring (bicyclic) bond motifs is 5. The van der Waals surface area contributed by atoms with Gasteiger partial charge in [0.05, 0.1) is 29.7 Å². The van der Waals surface area contributed by atoms with Crippen molar-refractivity contribution in [3.63, 3.8) is 0 Å². The summed E-state index contributed by atoms with van der Waals surface area (Å²) in [6.45, 7) is -1.27. The summed E-state index contributed by atoms with van der Waals surface area (Å²) < 4.78 is 35.4. The number of amides is 2. The lowest BCUT2D eigenvalue weighted by molar-refractivity contribution is -0.125. The number of nitrogens with zero attached hydrogens (tertiary/aromatic N) is 1. The molecule has 1 aromatic rings. The van der Waals surface area contributed by atoms with Crippen LogP contribution in [0.15, 0.2) is 18.2 Å². The van der Waals surface area contributed by atoms with Crippen molar-refractivity contribution < 1.29 is 27.8 Å². The molecule has 2 bridgehead atoms. The first-order valence-electron chi connectivity index (χ1n) is 7.56. The number of imide groups is 1. The third-order valence-electron chi connectivity index (χ3n) is 4.86.